The van der Waals surface area contributed by atoms with E-state index in [0.717, 1.165) is 12.8 Å². The monoisotopic (exact) mass is 372 g/mol. The number of anilines is 1. The van der Waals surface area contributed by atoms with E-state index in [1.54, 1.807) is 30.3 Å². The van der Waals surface area contributed by atoms with Crippen molar-refractivity contribution in [1.29, 1.82) is 0 Å². The average Bonchev–Trinajstić information content (AvgIpc) is 3.34. The molecule has 3 rings (SSSR count). The topological polar surface area (TPSA) is 112 Å². The van der Waals surface area contributed by atoms with Crippen LogP contribution in [0.3, 0.4) is 0 Å². The van der Waals surface area contributed by atoms with Crippen molar-refractivity contribution in [2.24, 2.45) is 5.92 Å². The summed E-state index contributed by atoms with van der Waals surface area (Å²) in [5.41, 5.74) is 5.80. The van der Waals surface area contributed by atoms with Gasteiger partial charge in [-0.2, -0.15) is 0 Å². The number of carbonyl (C=O) groups excluding carboxylic acids is 3. The number of hydrogen-bond acceptors (Lipinski definition) is 5. The summed E-state index contributed by atoms with van der Waals surface area (Å²) in [6, 6.07) is 9.50. The number of amides is 3. The van der Waals surface area contributed by atoms with Gasteiger partial charge in [-0.1, -0.05) is 0 Å². The van der Waals surface area contributed by atoms with E-state index < -0.39 is 11.8 Å². The lowest BCUT2D eigenvalue weighted by Gasteiger charge is -2.10. The molecule has 0 atom stereocenters. The molecule has 2 aromatic rings. The fourth-order valence-corrected chi connectivity index (χ4v) is 2.23. The molecule has 1 heterocycles. The third-order valence-corrected chi connectivity index (χ3v) is 3.83. The minimum atomic E-state index is -0.530. The first-order valence-electron chi connectivity index (χ1n) is 7.89. The molecular weight excluding hydrogens is 356 g/mol. The van der Waals surface area contributed by atoms with Gasteiger partial charge < -0.3 is 9.73 Å². The lowest BCUT2D eigenvalue weighted by Crippen LogP contribution is -2.48. The van der Waals surface area contributed by atoms with Crippen LogP contribution in [0.1, 0.15) is 33.8 Å². The molecule has 1 fully saturated rings. The molecule has 0 saturated heterocycles. The minimum absolute atomic E-state index is 0.00140. The Labute approximate surface area is 154 Å². The van der Waals surface area contributed by atoms with Crippen molar-refractivity contribution in [3.63, 3.8) is 0 Å². The van der Waals surface area contributed by atoms with Gasteiger partial charge in [-0.15, -0.1) is 0 Å². The molecular formula is C17H16N4O4S. The van der Waals surface area contributed by atoms with Crippen LogP contribution in [0.5, 0.6) is 0 Å². The largest absolute Gasteiger partial charge is 0.459 e. The van der Waals surface area contributed by atoms with Crippen molar-refractivity contribution in [3.05, 3.63) is 54.0 Å². The zero-order valence-electron chi connectivity index (χ0n) is 13.6. The molecule has 0 radical (unpaired) electrons. The van der Waals surface area contributed by atoms with Crippen LogP contribution in [-0.2, 0) is 4.79 Å². The summed E-state index contributed by atoms with van der Waals surface area (Å²) in [5.74, 6) is -0.762. The molecule has 0 spiro atoms. The molecule has 0 aliphatic heterocycles. The van der Waals surface area contributed by atoms with Gasteiger partial charge in [0, 0.05) is 17.2 Å². The smallest absolute Gasteiger partial charge is 0.293 e. The Balaban J connectivity index is 1.46. The van der Waals surface area contributed by atoms with Crippen molar-refractivity contribution in [2.75, 3.05) is 5.32 Å². The molecule has 8 nitrogen and oxygen atoms in total. The number of rotatable bonds is 4. The summed E-state index contributed by atoms with van der Waals surface area (Å²) in [5, 5.41) is 5.08. The first-order chi connectivity index (χ1) is 12.5. The summed E-state index contributed by atoms with van der Waals surface area (Å²) in [6.45, 7) is 0. The lowest BCUT2D eigenvalue weighted by atomic mass is 10.2. The Morgan fingerprint density at radius 2 is 1.73 bits per heavy atom. The maximum atomic E-state index is 12.1. The van der Waals surface area contributed by atoms with Crippen molar-refractivity contribution in [2.45, 2.75) is 12.8 Å². The molecule has 0 bridgehead atoms. The SMILES string of the molecule is O=C(NNC(=S)NC(=O)c1ccco1)c1ccc(NC(=O)C2CC2)cc1. The quantitative estimate of drug-likeness (QED) is 0.479. The minimum Gasteiger partial charge on any atom is -0.459 e. The number of thiocarbonyl (C=S) groups is 1. The van der Waals surface area contributed by atoms with Gasteiger partial charge in [-0.25, -0.2) is 0 Å². The molecule has 1 aliphatic carbocycles. The Morgan fingerprint density at radius 1 is 1.00 bits per heavy atom. The molecule has 1 aliphatic rings. The molecule has 1 aromatic carbocycles. The predicted octanol–water partition coefficient (Wildman–Crippen LogP) is 1.58. The molecule has 134 valence electrons. The van der Waals surface area contributed by atoms with Gasteiger partial charge in [0.1, 0.15) is 0 Å². The summed E-state index contributed by atoms with van der Waals surface area (Å²) in [4.78, 5) is 35.5. The highest BCUT2D eigenvalue weighted by Crippen LogP contribution is 2.30. The Bertz CT molecular complexity index is 829. The summed E-state index contributed by atoms with van der Waals surface area (Å²) in [7, 11) is 0. The van der Waals surface area contributed by atoms with E-state index >= 15 is 0 Å². The number of carbonyl (C=O) groups is 3. The van der Waals surface area contributed by atoms with E-state index in [4.69, 9.17) is 16.6 Å². The van der Waals surface area contributed by atoms with Gasteiger partial charge in [-0.05, 0) is 61.5 Å². The lowest BCUT2D eigenvalue weighted by molar-refractivity contribution is -0.117. The summed E-state index contributed by atoms with van der Waals surface area (Å²) < 4.78 is 4.93. The van der Waals surface area contributed by atoms with E-state index in [2.05, 4.69) is 21.5 Å². The summed E-state index contributed by atoms with van der Waals surface area (Å²) in [6.07, 6.45) is 3.21. The fourth-order valence-electron chi connectivity index (χ4n) is 2.08. The molecule has 0 unspecified atom stereocenters. The highest BCUT2D eigenvalue weighted by Gasteiger charge is 2.29. The van der Waals surface area contributed by atoms with E-state index in [9.17, 15) is 14.4 Å². The van der Waals surface area contributed by atoms with Crippen molar-refractivity contribution in [3.8, 4) is 0 Å². The van der Waals surface area contributed by atoms with Crippen LogP contribution in [0.4, 0.5) is 5.69 Å². The van der Waals surface area contributed by atoms with Crippen LogP contribution < -0.4 is 21.5 Å². The highest BCUT2D eigenvalue weighted by molar-refractivity contribution is 7.80. The molecule has 26 heavy (non-hydrogen) atoms. The van der Waals surface area contributed by atoms with Gasteiger partial charge in [0.15, 0.2) is 10.9 Å². The third-order valence-electron chi connectivity index (χ3n) is 3.62. The number of benzene rings is 1. The number of hydrogen-bond donors (Lipinski definition) is 4. The van der Waals surface area contributed by atoms with Crippen molar-refractivity contribution >= 4 is 40.7 Å². The Kier molecular flexibility index (Phi) is 5.28. The van der Waals surface area contributed by atoms with Gasteiger partial charge >= 0.3 is 0 Å². The number of furan rings is 1. The van der Waals surface area contributed by atoms with Gasteiger partial charge in [0.25, 0.3) is 11.8 Å². The van der Waals surface area contributed by atoms with Gasteiger partial charge in [0.2, 0.25) is 5.91 Å². The Morgan fingerprint density at radius 3 is 2.35 bits per heavy atom. The van der Waals surface area contributed by atoms with Crippen molar-refractivity contribution in [1.82, 2.24) is 16.2 Å². The Hall–Kier alpha value is -3.20. The fraction of sp³-hybridized carbons (Fsp3) is 0.176. The van der Waals surface area contributed by atoms with Crippen LogP contribution in [0, 0.1) is 5.92 Å². The second-order valence-corrected chi connectivity index (χ2v) is 6.09. The number of nitrogens with one attached hydrogen (secondary N) is 4. The van der Waals surface area contributed by atoms with Crippen LogP contribution >= 0.6 is 12.2 Å². The standard InChI is InChI=1S/C17H16N4O4S/c22-14(10-3-4-10)18-12-7-5-11(6-8-12)15(23)20-21-17(26)19-16(24)13-2-1-9-25-13/h1-2,5-10H,3-4H2,(H,18,22)(H,20,23)(H2,19,21,24,26). The van der Waals surface area contributed by atoms with Crippen LogP contribution in [-0.4, -0.2) is 22.8 Å². The van der Waals surface area contributed by atoms with Crippen LogP contribution in [0.2, 0.25) is 0 Å². The maximum Gasteiger partial charge on any atom is 0.293 e. The summed E-state index contributed by atoms with van der Waals surface area (Å²) >= 11 is 4.92. The zero-order valence-corrected chi connectivity index (χ0v) is 14.4. The predicted molar refractivity (Wildman–Crippen MR) is 97.2 cm³/mol. The first-order valence-corrected chi connectivity index (χ1v) is 8.30. The van der Waals surface area contributed by atoms with Crippen LogP contribution in [0.25, 0.3) is 0 Å². The first kappa shape index (κ1) is 17.6. The highest BCUT2D eigenvalue weighted by atomic mass is 32.1. The molecule has 4 N–H and O–H groups in total. The van der Waals surface area contributed by atoms with Crippen LogP contribution in [0.15, 0.2) is 47.1 Å². The molecule has 1 aromatic heterocycles. The second kappa shape index (κ2) is 7.79. The second-order valence-electron chi connectivity index (χ2n) is 5.68. The van der Waals surface area contributed by atoms with E-state index in [0.29, 0.717) is 11.3 Å². The van der Waals surface area contributed by atoms with Crippen molar-refractivity contribution < 1.29 is 18.8 Å². The maximum absolute atomic E-state index is 12.1. The number of hydrazine groups is 1. The molecule has 1 saturated carbocycles. The van der Waals surface area contributed by atoms with E-state index in [1.165, 1.54) is 12.3 Å². The zero-order chi connectivity index (χ0) is 18.5. The molecule has 9 heteroatoms. The molecule has 3 amide bonds. The van der Waals surface area contributed by atoms with E-state index in [1.807, 2.05) is 0 Å². The van der Waals surface area contributed by atoms with Gasteiger partial charge in [0.05, 0.1) is 6.26 Å². The average molecular weight is 372 g/mol. The third kappa shape index (κ3) is 4.67. The normalized spacial score (nSPS) is 12.8. The van der Waals surface area contributed by atoms with E-state index in [-0.39, 0.29) is 22.7 Å². The van der Waals surface area contributed by atoms with Gasteiger partial charge in [-0.3, -0.25) is 30.6 Å².